The number of hydrogen-bond donors (Lipinski definition) is 3. The van der Waals surface area contributed by atoms with Crippen LogP contribution in [0.2, 0.25) is 0 Å². The lowest BCUT2D eigenvalue weighted by Gasteiger charge is -2.21. The molecule has 0 aliphatic heterocycles. The lowest BCUT2D eigenvalue weighted by atomic mass is 9.99. The predicted molar refractivity (Wildman–Crippen MR) is 428 cm³/mol. The largest absolute Gasteiger partial charge is 0.472 e. The fraction of sp³-hybridized carbons (Fsp3) is 0.953. The molecule has 0 aromatic carbocycles. The number of hydrogen-bond acceptors (Lipinski definition) is 15. The number of aliphatic hydroxyl groups is 1. The standard InChI is InChI=1S/C85H166O17P2/c1-8-10-11-12-13-14-15-16-17-18-19-20-21-22-27-30-33-39-46-54-61-68-84(89)101-80(72-95-82(87)66-59-52-45-38-32-29-26-24-23-25-28-31-36-42-49-56-63-76(3)4)74-99-103(91,92)97-70-79(86)71-98-104(93,94)100-75-81(73-96-83(88)67-60-53-48-41-43-50-57-64-77(5)6)102-85(90)69-62-55-47-40-35-34-37-44-51-58-65-78(7)9-2/h76-81,86H,8-75H2,1-7H3,(H,91,92)(H,93,94)/t78?,79-,80-,81-/m1/s1. The van der Waals surface area contributed by atoms with Crippen molar-refractivity contribution in [1.82, 2.24) is 0 Å². The molecule has 0 saturated carbocycles. The third-order valence-electron chi connectivity index (χ3n) is 20.2. The Bertz CT molecular complexity index is 2010. The average Bonchev–Trinajstić information content (AvgIpc) is 0.909. The Balaban J connectivity index is 5.23. The maximum atomic E-state index is 13.1. The van der Waals surface area contributed by atoms with E-state index in [0.29, 0.717) is 31.6 Å². The van der Waals surface area contributed by atoms with Crippen LogP contribution in [0.3, 0.4) is 0 Å². The summed E-state index contributed by atoms with van der Waals surface area (Å²) in [7, 11) is -9.93. The summed E-state index contributed by atoms with van der Waals surface area (Å²) in [6.45, 7) is 12.0. The van der Waals surface area contributed by atoms with Crippen molar-refractivity contribution >= 4 is 39.5 Å². The number of phosphoric ester groups is 2. The zero-order chi connectivity index (χ0) is 76.5. The molecule has 3 unspecified atom stereocenters. The second-order valence-electron chi connectivity index (χ2n) is 31.8. The molecule has 0 radical (unpaired) electrons. The van der Waals surface area contributed by atoms with Gasteiger partial charge in [0, 0.05) is 25.7 Å². The van der Waals surface area contributed by atoms with Crippen molar-refractivity contribution < 1.29 is 80.2 Å². The normalized spacial score (nSPS) is 14.2. The number of ether oxygens (including phenoxy) is 4. The van der Waals surface area contributed by atoms with Crippen LogP contribution in [0.25, 0.3) is 0 Å². The molecular weight excluding hydrogens is 1350 g/mol. The number of carbonyl (C=O) groups is 4. The Kier molecular flexibility index (Phi) is 73.7. The van der Waals surface area contributed by atoms with E-state index in [4.69, 9.17) is 37.0 Å². The lowest BCUT2D eigenvalue weighted by molar-refractivity contribution is -0.161. The smallest absolute Gasteiger partial charge is 0.462 e. The highest BCUT2D eigenvalue weighted by Gasteiger charge is 2.30. The zero-order valence-corrected chi connectivity index (χ0v) is 70.3. The summed E-state index contributed by atoms with van der Waals surface area (Å²) in [5, 5.41) is 10.7. The Morgan fingerprint density at radius 1 is 0.279 bits per heavy atom. The molecule has 17 nitrogen and oxygen atoms in total. The summed E-state index contributed by atoms with van der Waals surface area (Å²) in [6, 6.07) is 0. The minimum absolute atomic E-state index is 0.106. The van der Waals surface area contributed by atoms with Crippen molar-refractivity contribution in [2.45, 2.75) is 465 Å². The number of unbranched alkanes of at least 4 members (excludes halogenated alkanes) is 50. The van der Waals surface area contributed by atoms with E-state index >= 15 is 0 Å². The molecule has 19 heteroatoms. The molecule has 6 atom stereocenters. The van der Waals surface area contributed by atoms with Gasteiger partial charge in [0.25, 0.3) is 0 Å². The Hall–Kier alpha value is -1.94. The monoisotopic (exact) mass is 1520 g/mol. The van der Waals surface area contributed by atoms with Crippen molar-refractivity contribution in [1.29, 1.82) is 0 Å². The summed E-state index contributed by atoms with van der Waals surface area (Å²) >= 11 is 0. The highest BCUT2D eigenvalue weighted by atomic mass is 31.2. The molecule has 0 aliphatic rings. The van der Waals surface area contributed by atoms with E-state index in [1.165, 1.54) is 250 Å². The van der Waals surface area contributed by atoms with Gasteiger partial charge in [0.2, 0.25) is 0 Å². The van der Waals surface area contributed by atoms with E-state index < -0.39 is 97.5 Å². The van der Waals surface area contributed by atoms with Gasteiger partial charge >= 0.3 is 39.5 Å². The van der Waals surface area contributed by atoms with Gasteiger partial charge < -0.3 is 33.8 Å². The van der Waals surface area contributed by atoms with E-state index in [2.05, 4.69) is 48.5 Å². The minimum Gasteiger partial charge on any atom is -0.462 e. The van der Waals surface area contributed by atoms with E-state index in [0.717, 1.165) is 108 Å². The molecular formula is C85H166O17P2. The second kappa shape index (κ2) is 75.1. The molecule has 104 heavy (non-hydrogen) atoms. The molecule has 0 bridgehead atoms. The van der Waals surface area contributed by atoms with Gasteiger partial charge in [-0.05, 0) is 43.4 Å². The summed E-state index contributed by atoms with van der Waals surface area (Å²) in [5.74, 6) is 0.212. The molecule has 0 saturated heterocycles. The third kappa shape index (κ3) is 76.8. The Morgan fingerprint density at radius 3 is 0.731 bits per heavy atom. The summed E-state index contributed by atoms with van der Waals surface area (Å²) in [6.07, 6.45) is 65.4. The Morgan fingerprint density at radius 2 is 0.490 bits per heavy atom. The molecule has 0 heterocycles. The van der Waals surface area contributed by atoms with Crippen molar-refractivity contribution in [2.24, 2.45) is 17.8 Å². The maximum absolute atomic E-state index is 13.1. The van der Waals surface area contributed by atoms with E-state index in [-0.39, 0.29) is 25.7 Å². The SMILES string of the molecule is CCCCCCCCCCCCCCCCCCCCCCCC(=O)O[C@H](COC(=O)CCCCCCCCCCCCCCCCCCC(C)C)COP(=O)(O)OC[C@@H](O)COP(=O)(O)OC[C@@H](COC(=O)CCCCCCCCCC(C)C)OC(=O)CCCCCCCCCCCCC(C)CC. The second-order valence-corrected chi connectivity index (χ2v) is 34.7. The van der Waals surface area contributed by atoms with Gasteiger partial charge in [-0.2, -0.15) is 0 Å². The summed E-state index contributed by atoms with van der Waals surface area (Å²) in [5.41, 5.74) is 0. The fourth-order valence-corrected chi connectivity index (χ4v) is 14.7. The summed E-state index contributed by atoms with van der Waals surface area (Å²) < 4.78 is 68.8. The molecule has 0 rings (SSSR count). The average molecular weight is 1520 g/mol. The first kappa shape index (κ1) is 102. The zero-order valence-electron chi connectivity index (χ0n) is 68.5. The van der Waals surface area contributed by atoms with Crippen LogP contribution in [-0.2, 0) is 65.4 Å². The topological polar surface area (TPSA) is 237 Å². The van der Waals surface area contributed by atoms with Crippen molar-refractivity contribution in [3.8, 4) is 0 Å². The van der Waals surface area contributed by atoms with Gasteiger partial charge in [-0.1, -0.05) is 395 Å². The van der Waals surface area contributed by atoms with Gasteiger partial charge in [0.05, 0.1) is 26.4 Å². The third-order valence-corrected chi connectivity index (χ3v) is 22.1. The fourth-order valence-electron chi connectivity index (χ4n) is 13.2. The van der Waals surface area contributed by atoms with Crippen LogP contribution < -0.4 is 0 Å². The van der Waals surface area contributed by atoms with Crippen LogP contribution in [0.1, 0.15) is 447 Å². The Labute approximate surface area is 638 Å². The van der Waals surface area contributed by atoms with Crippen LogP contribution >= 0.6 is 15.6 Å². The van der Waals surface area contributed by atoms with Crippen molar-refractivity contribution in [3.05, 3.63) is 0 Å². The van der Waals surface area contributed by atoms with Gasteiger partial charge in [-0.15, -0.1) is 0 Å². The van der Waals surface area contributed by atoms with Crippen molar-refractivity contribution in [3.63, 3.8) is 0 Å². The van der Waals surface area contributed by atoms with Crippen LogP contribution in [0.5, 0.6) is 0 Å². The molecule has 0 aromatic rings. The van der Waals surface area contributed by atoms with E-state index in [1.54, 1.807) is 0 Å². The van der Waals surface area contributed by atoms with E-state index in [1.807, 2.05) is 0 Å². The number of esters is 4. The number of phosphoric acid groups is 2. The van der Waals surface area contributed by atoms with Gasteiger partial charge in [0.1, 0.15) is 19.3 Å². The molecule has 0 aromatic heterocycles. The number of carbonyl (C=O) groups excluding carboxylic acids is 4. The first-order chi connectivity index (χ1) is 50.3. The van der Waals surface area contributed by atoms with Crippen LogP contribution in [-0.4, -0.2) is 96.7 Å². The van der Waals surface area contributed by atoms with Gasteiger partial charge in [-0.25, -0.2) is 9.13 Å². The van der Waals surface area contributed by atoms with Crippen molar-refractivity contribution in [2.75, 3.05) is 39.6 Å². The molecule has 0 aliphatic carbocycles. The molecule has 618 valence electrons. The lowest BCUT2D eigenvalue weighted by Crippen LogP contribution is -2.30. The highest BCUT2D eigenvalue weighted by Crippen LogP contribution is 2.45. The minimum atomic E-state index is -4.97. The number of aliphatic hydroxyl groups excluding tert-OH is 1. The van der Waals surface area contributed by atoms with E-state index in [9.17, 15) is 43.2 Å². The quantitative estimate of drug-likeness (QED) is 0.0222. The number of rotatable bonds is 83. The molecule has 3 N–H and O–H groups in total. The van der Waals surface area contributed by atoms with Gasteiger partial charge in [0.15, 0.2) is 12.2 Å². The van der Waals surface area contributed by atoms with Crippen LogP contribution in [0.4, 0.5) is 0 Å². The molecule has 0 fully saturated rings. The first-order valence-electron chi connectivity index (χ1n) is 43.9. The molecule has 0 spiro atoms. The van der Waals surface area contributed by atoms with Crippen LogP contribution in [0.15, 0.2) is 0 Å². The highest BCUT2D eigenvalue weighted by molar-refractivity contribution is 7.47. The predicted octanol–water partition coefficient (Wildman–Crippen LogP) is 25.7. The first-order valence-corrected chi connectivity index (χ1v) is 46.9. The summed E-state index contributed by atoms with van der Waals surface area (Å²) in [4.78, 5) is 73.1. The van der Waals surface area contributed by atoms with Crippen LogP contribution in [0, 0.1) is 17.8 Å². The van der Waals surface area contributed by atoms with Gasteiger partial charge in [-0.3, -0.25) is 37.3 Å². The maximum Gasteiger partial charge on any atom is 0.472 e. The molecule has 0 amide bonds.